The molecular weight excluding hydrogens is 844 g/mol. The van der Waals surface area contributed by atoms with Gasteiger partial charge in [-0.3, -0.25) is 14.9 Å². The lowest BCUT2D eigenvalue weighted by atomic mass is 9.89. The highest BCUT2D eigenvalue weighted by Crippen LogP contribution is 2.35. The molecule has 62 heavy (non-hydrogen) atoms. The average Bonchev–Trinajstić information content (AvgIpc) is 3.80. The Kier molecular flexibility index (Phi) is 17.0. The molecule has 0 atom stereocenters. The van der Waals surface area contributed by atoms with Crippen LogP contribution in [0.1, 0.15) is 88.8 Å². The second kappa shape index (κ2) is 22.1. The third kappa shape index (κ3) is 12.4. The molecule has 1 saturated carbocycles. The van der Waals surface area contributed by atoms with Crippen LogP contribution >= 0.6 is 23.7 Å². The van der Waals surface area contributed by atoms with E-state index in [4.69, 9.17) is 4.98 Å². The molecule has 0 saturated heterocycles. The number of hydrogen-bond donors (Lipinski definition) is 2. The van der Waals surface area contributed by atoms with E-state index in [2.05, 4.69) is 56.1 Å². The number of fused-ring (bicyclic) bond motifs is 2. The number of benzene rings is 2. The topological polar surface area (TPSA) is 178 Å². The highest BCUT2D eigenvalue weighted by atomic mass is 35.5. The summed E-state index contributed by atoms with van der Waals surface area (Å²) >= 11 is 1.41. The number of hydrogen-bond acceptors (Lipinski definition) is 12. The van der Waals surface area contributed by atoms with Crippen LogP contribution in [0.5, 0.6) is 0 Å². The number of aliphatic imine (C=N–C) groups is 2. The molecule has 2 amide bonds. The lowest BCUT2D eigenvalue weighted by Gasteiger charge is -2.31. The Hall–Kier alpha value is -5.43. The third-order valence-corrected chi connectivity index (χ3v) is 12.3. The van der Waals surface area contributed by atoms with Crippen molar-refractivity contribution in [3.63, 3.8) is 0 Å². The summed E-state index contributed by atoms with van der Waals surface area (Å²) in [5.74, 6) is -0.172. The lowest BCUT2D eigenvalue weighted by molar-refractivity contribution is 0.0976. The smallest absolute Gasteiger partial charge is 0.284 e. The SMILES string of the molecule is CCN=C=NCCCN(C)C.Cc1c(-c2ccc(N3CCc4cccc(C(=O)Nc5nc6ccccc6s5)c4C3)nc2C(=O)NS(C)(=O)=O)cc(C#N)n1CC1CCCCC1.Cl. The predicted octanol–water partition coefficient (Wildman–Crippen LogP) is 7.98. The summed E-state index contributed by atoms with van der Waals surface area (Å²) in [5.41, 5.74) is 5.60. The first-order valence-electron chi connectivity index (χ1n) is 20.7. The van der Waals surface area contributed by atoms with Gasteiger partial charge in [0, 0.05) is 48.6 Å². The molecule has 1 fully saturated rings. The van der Waals surface area contributed by atoms with Crippen LogP contribution in [0.3, 0.4) is 0 Å². The van der Waals surface area contributed by atoms with Crippen molar-refractivity contribution >= 4 is 72.8 Å². The van der Waals surface area contributed by atoms with Gasteiger partial charge in [0.05, 0.1) is 29.0 Å². The summed E-state index contributed by atoms with van der Waals surface area (Å²) < 4.78 is 29.5. The number of anilines is 2. The fraction of sp³-hybridized carbons (Fsp3) is 0.422. The average molecular weight is 900 g/mol. The number of carbonyl (C=O) groups is 2. The van der Waals surface area contributed by atoms with Crippen molar-refractivity contribution in [2.75, 3.05) is 56.7 Å². The van der Waals surface area contributed by atoms with Gasteiger partial charge in [0.25, 0.3) is 11.8 Å². The number of rotatable bonds is 13. The second-order valence-corrected chi connectivity index (χ2v) is 18.5. The molecule has 328 valence electrons. The van der Waals surface area contributed by atoms with Gasteiger partial charge in [-0.25, -0.2) is 33.1 Å². The van der Waals surface area contributed by atoms with Gasteiger partial charge in [0.15, 0.2) is 5.13 Å². The van der Waals surface area contributed by atoms with Crippen LogP contribution in [-0.4, -0.2) is 92.2 Å². The number of amides is 2. The minimum absolute atomic E-state index is 0. The van der Waals surface area contributed by atoms with Crippen molar-refractivity contribution in [2.24, 2.45) is 15.9 Å². The van der Waals surface area contributed by atoms with Gasteiger partial charge in [0.1, 0.15) is 23.3 Å². The van der Waals surface area contributed by atoms with Gasteiger partial charge < -0.3 is 14.4 Å². The maximum absolute atomic E-state index is 13.6. The molecule has 5 aromatic rings. The number of para-hydroxylation sites is 1. The molecule has 7 rings (SSSR count). The van der Waals surface area contributed by atoms with Crippen molar-refractivity contribution in [3.05, 3.63) is 94.4 Å². The number of nitriles is 1. The Morgan fingerprint density at radius 2 is 1.77 bits per heavy atom. The van der Waals surface area contributed by atoms with Crippen LogP contribution in [0.2, 0.25) is 0 Å². The normalized spacial score (nSPS) is 13.8. The second-order valence-electron chi connectivity index (χ2n) is 15.7. The van der Waals surface area contributed by atoms with E-state index < -0.39 is 15.9 Å². The van der Waals surface area contributed by atoms with E-state index in [1.54, 1.807) is 18.2 Å². The van der Waals surface area contributed by atoms with E-state index in [0.29, 0.717) is 65.3 Å². The minimum atomic E-state index is -3.89. The number of aromatic nitrogens is 3. The van der Waals surface area contributed by atoms with Gasteiger partial charge >= 0.3 is 0 Å². The number of nitrogens with one attached hydrogen (secondary N) is 2. The lowest BCUT2D eigenvalue weighted by Crippen LogP contribution is -2.34. The molecule has 2 aliphatic rings. The molecule has 4 heterocycles. The van der Waals surface area contributed by atoms with Crippen LogP contribution < -0.4 is 14.9 Å². The molecule has 0 spiro atoms. The first-order chi connectivity index (χ1) is 29.3. The van der Waals surface area contributed by atoms with Crippen molar-refractivity contribution in [1.82, 2.24) is 24.2 Å². The molecule has 14 nitrogen and oxygen atoms in total. The highest BCUT2D eigenvalue weighted by Gasteiger charge is 2.28. The summed E-state index contributed by atoms with van der Waals surface area (Å²) in [6.45, 7) is 8.23. The fourth-order valence-electron chi connectivity index (χ4n) is 7.82. The van der Waals surface area contributed by atoms with Crippen molar-refractivity contribution in [1.29, 1.82) is 5.26 Å². The maximum atomic E-state index is 13.6. The number of halogens is 1. The van der Waals surface area contributed by atoms with E-state index in [1.165, 1.54) is 30.6 Å². The van der Waals surface area contributed by atoms with Gasteiger partial charge in [-0.15, -0.1) is 12.4 Å². The van der Waals surface area contributed by atoms with Crippen molar-refractivity contribution in [2.45, 2.75) is 71.9 Å². The van der Waals surface area contributed by atoms with E-state index >= 15 is 0 Å². The van der Waals surface area contributed by atoms with Crippen LogP contribution in [0, 0.1) is 24.2 Å². The molecule has 2 N–H and O–H groups in total. The Morgan fingerprint density at radius 1 is 1.00 bits per heavy atom. The maximum Gasteiger partial charge on any atom is 0.284 e. The van der Waals surface area contributed by atoms with Gasteiger partial charge in [0.2, 0.25) is 10.0 Å². The van der Waals surface area contributed by atoms with Crippen LogP contribution in [-0.2, 0) is 29.5 Å². The summed E-state index contributed by atoms with van der Waals surface area (Å²) in [7, 11) is 0.224. The zero-order chi connectivity index (χ0) is 43.5. The van der Waals surface area contributed by atoms with Gasteiger partial charge in [-0.05, 0) is 114 Å². The van der Waals surface area contributed by atoms with E-state index in [0.717, 1.165) is 72.2 Å². The Balaban J connectivity index is 0.000000535. The van der Waals surface area contributed by atoms with E-state index in [-0.39, 0.29) is 24.0 Å². The Labute approximate surface area is 374 Å². The summed E-state index contributed by atoms with van der Waals surface area (Å²) in [5, 5.41) is 13.5. The van der Waals surface area contributed by atoms with Gasteiger partial charge in [-0.1, -0.05) is 54.9 Å². The molecule has 0 unspecified atom stereocenters. The molecule has 0 bridgehead atoms. The fourth-order valence-corrected chi connectivity index (χ4v) is 9.12. The molecule has 0 radical (unpaired) electrons. The number of carbonyl (C=O) groups excluding carboxylic acids is 2. The number of thiazole rings is 1. The molecule has 17 heteroatoms. The third-order valence-electron chi connectivity index (χ3n) is 10.8. The summed E-state index contributed by atoms with van der Waals surface area (Å²) in [6.07, 6.45) is 8.46. The molecular formula is C45H55ClN10O4S2. The monoisotopic (exact) mass is 898 g/mol. The Bertz CT molecular complexity index is 2550. The quantitative estimate of drug-likeness (QED) is 0.0876. The molecule has 2 aromatic carbocycles. The first-order valence-corrected chi connectivity index (χ1v) is 23.4. The van der Waals surface area contributed by atoms with E-state index in [9.17, 15) is 23.3 Å². The largest absolute Gasteiger partial charge is 0.352 e. The molecule has 1 aliphatic heterocycles. The van der Waals surface area contributed by atoms with E-state index in [1.807, 2.05) is 65.8 Å². The van der Waals surface area contributed by atoms with Crippen LogP contribution in [0.25, 0.3) is 21.3 Å². The molecule has 3 aromatic heterocycles. The predicted molar refractivity (Wildman–Crippen MR) is 250 cm³/mol. The summed E-state index contributed by atoms with van der Waals surface area (Å²) in [4.78, 5) is 48.4. The Morgan fingerprint density at radius 3 is 2.48 bits per heavy atom. The van der Waals surface area contributed by atoms with Gasteiger partial charge in [-0.2, -0.15) is 5.26 Å². The minimum Gasteiger partial charge on any atom is -0.352 e. The molecule has 1 aliphatic carbocycles. The zero-order valence-electron chi connectivity index (χ0n) is 36.0. The number of nitrogens with zero attached hydrogens (tertiary/aromatic N) is 8. The highest BCUT2D eigenvalue weighted by molar-refractivity contribution is 7.89. The van der Waals surface area contributed by atoms with Crippen molar-refractivity contribution < 1.29 is 18.0 Å². The number of sulfonamides is 1. The summed E-state index contributed by atoms with van der Waals surface area (Å²) in [6, 6.07) is 23.7. The first kappa shape index (κ1) is 47.6. The standard InChI is InChI=1S/C37H37N7O4S2.C8H17N3.ClH/c1-23-29(19-26(20-38)44(23)21-24-9-4-3-5-10-24)27-15-16-33(40-34(27)36(46)42-50(2,47)48)43-18-17-25-11-8-12-28(30(25)22-43)35(45)41-37-39-31-13-6-7-14-32(31)49-37;1-4-9-8-10-6-5-7-11(2)3;/h6-8,11-16,19,24H,3-5,9-10,17-18,21-22H2,1-2H3,(H,42,46)(H,39,41,45);4-7H2,1-3H3;1H. The van der Waals surface area contributed by atoms with Crippen LogP contribution in [0.15, 0.2) is 70.6 Å². The number of pyridine rings is 1. The zero-order valence-corrected chi connectivity index (χ0v) is 38.4. The van der Waals surface area contributed by atoms with Crippen LogP contribution in [0.4, 0.5) is 10.9 Å². The van der Waals surface area contributed by atoms with Crippen molar-refractivity contribution in [3.8, 4) is 17.2 Å².